The minimum atomic E-state index is -6.66. The molecular formula is C114H194F4O19S2. The Kier molecular flexibility index (Phi) is 63.6. The molecule has 139 heavy (non-hydrogen) atoms. The average Bonchev–Trinajstić information content (AvgIpc) is 1.72. The van der Waals surface area contributed by atoms with Crippen LogP contribution in [-0.4, -0.2) is 113 Å². The predicted molar refractivity (Wildman–Crippen MR) is 565 cm³/mol. The number of ether oxygens (including phenoxy) is 8. The molecule has 1 aliphatic heterocycles. The Bertz CT molecular complexity index is 4320. The second-order valence-electron chi connectivity index (χ2n) is 39.2. The number of carbonyl (C=O) groups is 7. The molecule has 1 heterocycles. The Balaban J connectivity index is -0.000000292. The van der Waals surface area contributed by atoms with E-state index in [9.17, 15) is 64.1 Å². The lowest BCUT2D eigenvalue weighted by molar-refractivity contribution is -0.249. The van der Waals surface area contributed by atoms with Crippen LogP contribution < -0.4 is 4.74 Å². The first-order chi connectivity index (χ1) is 59.2. The first-order valence-electron chi connectivity index (χ1n) is 45.8. The van der Waals surface area contributed by atoms with Gasteiger partial charge in [-0.1, -0.05) is 250 Å². The zero-order chi connectivity index (χ0) is 95.3. The second-order valence-corrected chi connectivity index (χ2v) is 42.6. The lowest BCUT2D eigenvalue weighted by Gasteiger charge is -2.62. The number of aromatic hydroxyl groups is 1. The van der Waals surface area contributed by atoms with E-state index in [4.69, 9.17) is 38.3 Å². The fraction of sp³-hybridized carbons (Fsp3) is 0.675. The summed E-state index contributed by atoms with van der Waals surface area (Å²) in [5, 5.41) is 3.16. The number of alkyl halides is 4. The molecule has 0 radical (unpaired) electrons. The molecule has 7 aliphatic carbocycles. The van der Waals surface area contributed by atoms with E-state index in [1.807, 2.05) is 76.2 Å². The summed E-state index contributed by atoms with van der Waals surface area (Å²) >= 11 is 0. The third kappa shape index (κ3) is 37.0. The SMILES string of the molecule is C.C.C.C.C.C.C.C.C.C.C.C.CCC(C)(C)C(=O)OC1(C(C)C)C2CC3CC(C2)CC1C3.CCC(C)(C)C(=O)OC1(C(C)C)CCCC1.CCC(C)(C)C(=O)OC1C2CC3C(=O)OC1C3C2.CCC(C)(C)C(=O)Oc1ccc(O)cc1.CCC(C)c1ccccc1.CCOC(=O)C(C)(OCCC(F)(F)C(F)(F)S(=O)(=O)[O-])OC(=O)C(C)(C)CC.c1ccc([S+](c2ccccc2)c2ccccc2)cc1. The van der Waals surface area contributed by atoms with Gasteiger partial charge in [-0.05, 0) is 293 Å². The first-order valence-corrected chi connectivity index (χ1v) is 48.4. The third-order valence-electron chi connectivity index (χ3n) is 27.7. The van der Waals surface area contributed by atoms with E-state index < -0.39 is 68.3 Å². The topological polar surface area (TPSA) is 271 Å². The van der Waals surface area contributed by atoms with Gasteiger partial charge >= 0.3 is 58.7 Å². The minimum absolute atomic E-state index is 0. The standard InChI is InChI=1S/C19H32O2.C18H15S.C15H24F4O8S.C14H20O4.C14H26O2.C12H16O3.C10H14.12CH4/c1-6-18(4,5)17(20)21-19(12(2)3)15-8-13-7-14(10-15)11-16(19)9-13;1-4-10-16(11-5-1)19(17-12-6-2-7-13-17)18-14-8-3-9-15-18;1-6-12(3,4)10(20)27-13(5,11(21)25-7-2)26-9-8-14(16,17)15(18,19)28(22,23)24;1-4-14(2,3)13(16)18-10-7-5-8-9(6-7)12(15)17-11(8)10;1-6-13(4,5)12(15)16-14(11(2)3)9-7-8-10-14;1-4-12(2,3)11(14)15-10-7-5-9(13)6-8-10;1-3-9(2)10-7-5-4-6-8-10;;;;;;;;;;;;/h12-16H,6-11H2,1-5H3;1-15H;6-9H2,1-5H3,(H,22,23,24);7-11H,4-6H2,1-3H3;11H,6-10H2,1-5H3;5-8,13H,4H2,1-3H3;4-9H,3H2,1-2H3;12*1H4/q;+1;;;;;;;;;;;;;;;;;/p-1. The number of benzene rings is 5. The summed E-state index contributed by atoms with van der Waals surface area (Å²) in [4.78, 5) is 88.6. The summed E-state index contributed by atoms with van der Waals surface area (Å²) in [6, 6.07) is 48.9. The number of carbonyl (C=O) groups excluding carboxylic acids is 7. The number of hydrogen-bond donors (Lipinski definition) is 1. The summed E-state index contributed by atoms with van der Waals surface area (Å²) in [6.45, 7) is 42.1. The molecule has 5 aromatic carbocycles. The van der Waals surface area contributed by atoms with E-state index in [1.54, 1.807) is 19.1 Å². The van der Waals surface area contributed by atoms with Crippen molar-refractivity contribution in [3.63, 3.8) is 0 Å². The molecule has 0 amide bonds. The van der Waals surface area contributed by atoms with Gasteiger partial charge in [-0.3, -0.25) is 28.8 Å². The van der Waals surface area contributed by atoms with Crippen molar-refractivity contribution in [1.82, 2.24) is 0 Å². The highest BCUT2D eigenvalue weighted by Crippen LogP contribution is 2.63. The summed E-state index contributed by atoms with van der Waals surface area (Å²) in [6.07, 6.45) is 15.2. The van der Waals surface area contributed by atoms with Crippen LogP contribution in [0.5, 0.6) is 11.5 Å². The van der Waals surface area contributed by atoms with E-state index >= 15 is 0 Å². The smallest absolute Gasteiger partial charge is 0.396 e. The van der Waals surface area contributed by atoms with Gasteiger partial charge in [0.15, 0.2) is 24.8 Å². The molecule has 0 aromatic heterocycles. The normalized spacial score (nSPS) is 20.7. The highest BCUT2D eigenvalue weighted by Gasteiger charge is 2.65. The van der Waals surface area contributed by atoms with Crippen LogP contribution in [0.15, 0.2) is 160 Å². The van der Waals surface area contributed by atoms with Crippen LogP contribution >= 0.6 is 0 Å². The zero-order valence-corrected chi connectivity index (χ0v) is 81.2. The predicted octanol–water partition coefficient (Wildman–Crippen LogP) is 31.4. The number of phenols is 1. The Morgan fingerprint density at radius 2 is 0.871 bits per heavy atom. The molecule has 13 rings (SSSR count). The maximum Gasteiger partial charge on any atom is 0.396 e. The monoisotopic (exact) mass is 2010 g/mol. The summed E-state index contributed by atoms with van der Waals surface area (Å²) in [5.74, 6) is -4.64. The molecule has 25 heteroatoms. The number of fused-ring (bicyclic) bond motifs is 1. The Labute approximate surface area is 846 Å². The van der Waals surface area contributed by atoms with Crippen molar-refractivity contribution in [2.75, 3.05) is 13.2 Å². The molecule has 8 aliphatic rings. The number of hydrogen-bond acceptors (Lipinski definition) is 19. The van der Waals surface area contributed by atoms with Crippen LogP contribution in [-0.2, 0) is 87.7 Å². The van der Waals surface area contributed by atoms with Gasteiger partial charge in [0.25, 0.3) is 0 Å². The van der Waals surface area contributed by atoms with Gasteiger partial charge in [-0.2, -0.15) is 17.6 Å². The number of rotatable bonds is 30. The van der Waals surface area contributed by atoms with E-state index in [1.165, 1.54) is 105 Å². The van der Waals surface area contributed by atoms with E-state index in [0.717, 1.165) is 70.1 Å². The van der Waals surface area contributed by atoms with Crippen molar-refractivity contribution >= 4 is 62.8 Å². The molecule has 19 nitrogen and oxygen atoms in total. The quantitative estimate of drug-likeness (QED) is 0.00851. The molecule has 7 saturated carbocycles. The van der Waals surface area contributed by atoms with Crippen LogP contribution in [0.25, 0.3) is 0 Å². The second kappa shape index (κ2) is 61.3. The van der Waals surface area contributed by atoms with Gasteiger partial charge in [0, 0.05) is 25.2 Å². The van der Waals surface area contributed by atoms with Crippen molar-refractivity contribution in [3.8, 4) is 11.5 Å². The van der Waals surface area contributed by atoms with Crippen molar-refractivity contribution < 1.29 is 107 Å². The lowest BCUT2D eigenvalue weighted by atomic mass is 9.47. The molecule has 1 N–H and O–H groups in total. The molecule has 0 spiro atoms. The van der Waals surface area contributed by atoms with E-state index in [2.05, 4.69) is 175 Å². The molecule has 7 atom stereocenters. The van der Waals surface area contributed by atoms with Crippen molar-refractivity contribution in [2.45, 2.75) is 425 Å². The van der Waals surface area contributed by atoms with Gasteiger partial charge < -0.3 is 47.6 Å². The Hall–Kier alpha value is -7.87. The minimum Gasteiger partial charge on any atom is -0.743 e. The van der Waals surface area contributed by atoms with Gasteiger partial charge in [-0.15, -0.1) is 0 Å². The Morgan fingerprint density at radius 1 is 0.489 bits per heavy atom. The highest BCUT2D eigenvalue weighted by atomic mass is 32.2. The summed E-state index contributed by atoms with van der Waals surface area (Å²) in [5.41, 5.74) is -1.61. The van der Waals surface area contributed by atoms with Gasteiger partial charge in [0.2, 0.25) is 0 Å². The summed E-state index contributed by atoms with van der Waals surface area (Å²) in [7, 11) is -6.67. The molecule has 8 fully saturated rings. The third-order valence-corrected chi connectivity index (χ3v) is 30.8. The number of halogens is 4. The zero-order valence-electron chi connectivity index (χ0n) is 79.6. The van der Waals surface area contributed by atoms with Gasteiger partial charge in [0.05, 0.1) is 57.1 Å². The van der Waals surface area contributed by atoms with Crippen LogP contribution in [0, 0.1) is 80.3 Å². The van der Waals surface area contributed by atoms with Gasteiger partial charge in [-0.25, -0.2) is 13.2 Å². The van der Waals surface area contributed by atoms with Crippen LogP contribution in [0.3, 0.4) is 0 Å². The molecule has 804 valence electrons. The van der Waals surface area contributed by atoms with Gasteiger partial charge in [0.1, 0.15) is 34.9 Å². The fourth-order valence-corrected chi connectivity index (χ4v) is 19.4. The first kappa shape index (κ1) is 144. The van der Waals surface area contributed by atoms with Crippen LogP contribution in [0.2, 0.25) is 0 Å². The molecule has 5 aromatic rings. The lowest BCUT2D eigenvalue weighted by Crippen LogP contribution is -2.63. The largest absolute Gasteiger partial charge is 0.743 e. The molecule has 6 bridgehead atoms. The van der Waals surface area contributed by atoms with Crippen LogP contribution in [0.1, 0.15) is 375 Å². The van der Waals surface area contributed by atoms with Crippen molar-refractivity contribution in [2.24, 2.45) is 80.3 Å². The Morgan fingerprint density at radius 3 is 1.24 bits per heavy atom. The fourth-order valence-electron chi connectivity index (χ4n) is 16.9. The van der Waals surface area contributed by atoms with Crippen molar-refractivity contribution in [3.05, 3.63) is 151 Å². The number of phenolic OH excluding ortho intramolecular Hbond substituents is 1. The molecular weight excluding hydrogens is 1810 g/mol. The highest BCUT2D eigenvalue weighted by molar-refractivity contribution is 7.97. The summed E-state index contributed by atoms with van der Waals surface area (Å²) < 4.78 is 127. The molecule has 7 unspecified atom stereocenters. The van der Waals surface area contributed by atoms with E-state index in [0.29, 0.717) is 47.2 Å². The van der Waals surface area contributed by atoms with Crippen molar-refractivity contribution in [1.29, 1.82) is 0 Å². The average molecular weight is 2010 g/mol. The van der Waals surface area contributed by atoms with Crippen LogP contribution in [0.4, 0.5) is 17.6 Å². The molecule has 1 saturated heterocycles. The maximum absolute atomic E-state index is 13.5. The van der Waals surface area contributed by atoms with E-state index in [-0.39, 0.29) is 189 Å². The maximum atomic E-state index is 13.5. The number of esters is 7.